The first kappa shape index (κ1) is 22.3. The quantitative estimate of drug-likeness (QED) is 0.319. The van der Waals surface area contributed by atoms with E-state index in [0.29, 0.717) is 31.3 Å². The Kier molecular flexibility index (Phi) is 13.3. The van der Waals surface area contributed by atoms with Crippen LogP contribution >= 0.6 is 24.0 Å². The van der Waals surface area contributed by atoms with Gasteiger partial charge in [0.15, 0.2) is 0 Å². The second-order valence-electron chi connectivity index (χ2n) is 5.36. The minimum Gasteiger partial charge on any atom is -0.481 e. The molecule has 0 spiro atoms. The van der Waals surface area contributed by atoms with Crippen molar-refractivity contribution in [2.24, 2.45) is 0 Å². The molecule has 0 saturated carbocycles. The average Bonchev–Trinajstić information content (AvgIpc) is 2.46. The Morgan fingerprint density at radius 3 is 2.30 bits per heavy atom. The van der Waals surface area contributed by atoms with Crippen LogP contribution in [0.5, 0.6) is 0 Å². The molecule has 134 valence electrons. The van der Waals surface area contributed by atoms with E-state index < -0.39 is 5.97 Å². The largest absolute Gasteiger partial charge is 0.481 e. The van der Waals surface area contributed by atoms with Crippen LogP contribution in [0.25, 0.3) is 0 Å². The van der Waals surface area contributed by atoms with Crippen molar-refractivity contribution in [3.8, 4) is 0 Å². The molecule has 0 radical (unpaired) electrons. The van der Waals surface area contributed by atoms with Gasteiger partial charge >= 0.3 is 11.9 Å². The SMILES string of the molecule is CCCC(=O)SOC(=O)C(CCCCCCC(=O)O)SN(C)C. The highest BCUT2D eigenvalue weighted by Gasteiger charge is 2.23. The second-order valence-corrected chi connectivity index (χ2v) is 7.66. The van der Waals surface area contributed by atoms with Gasteiger partial charge < -0.3 is 9.29 Å². The van der Waals surface area contributed by atoms with E-state index in [-0.39, 0.29) is 22.8 Å². The molecule has 1 unspecified atom stereocenters. The molecule has 0 fully saturated rings. The third-order valence-corrected chi connectivity index (χ3v) is 4.62. The lowest BCUT2D eigenvalue weighted by molar-refractivity contribution is -0.137. The molecule has 8 heteroatoms. The van der Waals surface area contributed by atoms with Gasteiger partial charge in [-0.2, -0.15) is 0 Å². The zero-order valence-electron chi connectivity index (χ0n) is 14.1. The maximum absolute atomic E-state index is 12.1. The van der Waals surface area contributed by atoms with Crippen molar-refractivity contribution in [2.45, 2.75) is 63.5 Å². The van der Waals surface area contributed by atoms with Crippen LogP contribution in [0.15, 0.2) is 0 Å². The van der Waals surface area contributed by atoms with Crippen LogP contribution in [0, 0.1) is 0 Å². The highest BCUT2D eigenvalue weighted by molar-refractivity contribution is 8.10. The maximum Gasteiger partial charge on any atom is 0.332 e. The molecule has 0 aromatic carbocycles. The molecule has 6 nitrogen and oxygen atoms in total. The molecule has 0 aliphatic rings. The summed E-state index contributed by atoms with van der Waals surface area (Å²) in [5.74, 6) is -1.16. The number of carboxylic acids is 1. The highest BCUT2D eigenvalue weighted by atomic mass is 32.2. The number of nitrogens with zero attached hydrogens (tertiary/aromatic N) is 1. The van der Waals surface area contributed by atoms with Crippen molar-refractivity contribution in [1.29, 1.82) is 0 Å². The molecule has 0 rings (SSSR count). The molecule has 0 aromatic heterocycles. The molecule has 23 heavy (non-hydrogen) atoms. The topological polar surface area (TPSA) is 83.9 Å². The van der Waals surface area contributed by atoms with Gasteiger partial charge in [0.1, 0.15) is 17.3 Å². The summed E-state index contributed by atoms with van der Waals surface area (Å²) >= 11 is 2.01. The number of hydrogen-bond acceptors (Lipinski definition) is 7. The predicted octanol–water partition coefficient (Wildman–Crippen LogP) is 3.51. The first-order valence-corrected chi connectivity index (χ1v) is 9.41. The summed E-state index contributed by atoms with van der Waals surface area (Å²) < 4.78 is 6.87. The summed E-state index contributed by atoms with van der Waals surface area (Å²) in [5.41, 5.74) is 0. The number of aliphatic carboxylic acids is 1. The fourth-order valence-electron chi connectivity index (χ4n) is 1.81. The summed E-state index contributed by atoms with van der Waals surface area (Å²) in [5, 5.41) is 8.10. The van der Waals surface area contributed by atoms with Crippen molar-refractivity contribution >= 4 is 41.0 Å². The van der Waals surface area contributed by atoms with Crippen molar-refractivity contribution in [1.82, 2.24) is 4.31 Å². The van der Waals surface area contributed by atoms with Crippen LogP contribution in [0.3, 0.4) is 0 Å². The first-order chi connectivity index (χ1) is 10.9. The van der Waals surface area contributed by atoms with E-state index in [1.165, 1.54) is 11.9 Å². The van der Waals surface area contributed by atoms with Gasteiger partial charge in [0.25, 0.3) is 0 Å². The monoisotopic (exact) mass is 365 g/mol. The van der Waals surface area contributed by atoms with Gasteiger partial charge in [-0.05, 0) is 33.4 Å². The van der Waals surface area contributed by atoms with E-state index in [1.807, 2.05) is 25.3 Å². The van der Waals surface area contributed by atoms with Crippen LogP contribution in [-0.2, 0) is 18.6 Å². The van der Waals surface area contributed by atoms with Gasteiger partial charge in [0.05, 0.1) is 0 Å². The number of unbranched alkanes of at least 4 members (excludes halogenated alkanes) is 3. The molecule has 0 aliphatic carbocycles. The lowest BCUT2D eigenvalue weighted by Crippen LogP contribution is -2.22. The second kappa shape index (κ2) is 13.7. The number of hydrogen-bond donors (Lipinski definition) is 1. The predicted molar refractivity (Wildman–Crippen MR) is 94.0 cm³/mol. The molecule has 0 saturated heterocycles. The maximum atomic E-state index is 12.1. The Morgan fingerprint density at radius 2 is 1.74 bits per heavy atom. The first-order valence-electron chi connectivity index (χ1n) is 7.83. The average molecular weight is 366 g/mol. The number of carbonyl (C=O) groups excluding carboxylic acids is 2. The van der Waals surface area contributed by atoms with Crippen LogP contribution in [0.1, 0.15) is 58.3 Å². The molecule has 1 atom stereocenters. The molecule has 0 aromatic rings. The van der Waals surface area contributed by atoms with Crippen molar-refractivity contribution in [2.75, 3.05) is 14.1 Å². The Balaban J connectivity index is 4.11. The molecule has 0 aliphatic heterocycles. The smallest absolute Gasteiger partial charge is 0.332 e. The van der Waals surface area contributed by atoms with E-state index in [1.54, 1.807) is 0 Å². The van der Waals surface area contributed by atoms with E-state index >= 15 is 0 Å². The van der Waals surface area contributed by atoms with Gasteiger partial charge in [0, 0.05) is 12.8 Å². The third kappa shape index (κ3) is 13.4. The number of carboxylic acid groups (broad SMARTS) is 1. The van der Waals surface area contributed by atoms with Gasteiger partial charge in [-0.3, -0.25) is 13.9 Å². The molecule has 0 amide bonds. The zero-order valence-corrected chi connectivity index (χ0v) is 15.7. The summed E-state index contributed by atoms with van der Waals surface area (Å²) in [6.07, 6.45) is 5.17. The Labute approximate surface area is 147 Å². The third-order valence-electron chi connectivity index (χ3n) is 2.88. The Bertz CT molecular complexity index is 377. The van der Waals surface area contributed by atoms with Crippen molar-refractivity contribution in [3.05, 3.63) is 0 Å². The standard InChI is InChI=1S/C15H27NO5S2/c1-4-9-14(19)23-21-15(20)12(22-16(2)3)10-7-5-6-8-11-13(17)18/h12H,4-11H2,1-3H3,(H,17,18). The molecular formula is C15H27NO5S2. The zero-order chi connectivity index (χ0) is 17.7. The van der Waals surface area contributed by atoms with Crippen LogP contribution in [0.4, 0.5) is 0 Å². The van der Waals surface area contributed by atoms with E-state index in [4.69, 9.17) is 9.29 Å². The Morgan fingerprint density at radius 1 is 1.09 bits per heavy atom. The fraction of sp³-hybridized carbons (Fsp3) is 0.800. The normalized spacial score (nSPS) is 12.2. The summed E-state index contributed by atoms with van der Waals surface area (Å²) in [7, 11) is 3.71. The van der Waals surface area contributed by atoms with Crippen molar-refractivity contribution in [3.63, 3.8) is 0 Å². The van der Waals surface area contributed by atoms with E-state index in [2.05, 4.69) is 0 Å². The van der Waals surface area contributed by atoms with Crippen LogP contribution < -0.4 is 0 Å². The minimum atomic E-state index is -0.775. The molecule has 0 bridgehead atoms. The lowest BCUT2D eigenvalue weighted by atomic mass is 10.1. The number of carbonyl (C=O) groups is 3. The fourth-order valence-corrected chi connectivity index (χ4v) is 3.37. The summed E-state index contributed by atoms with van der Waals surface area (Å²) in [4.78, 5) is 33.9. The van der Waals surface area contributed by atoms with E-state index in [0.717, 1.165) is 25.7 Å². The molecule has 1 N–H and O–H groups in total. The van der Waals surface area contributed by atoms with Crippen LogP contribution in [-0.4, -0.2) is 45.8 Å². The lowest BCUT2D eigenvalue weighted by Gasteiger charge is -2.18. The number of rotatable bonds is 12. The van der Waals surface area contributed by atoms with E-state index in [9.17, 15) is 14.4 Å². The summed E-state index contributed by atoms with van der Waals surface area (Å²) in [6.45, 7) is 1.90. The van der Waals surface area contributed by atoms with Gasteiger partial charge in [-0.25, -0.2) is 4.79 Å². The minimum absolute atomic E-state index is 0.136. The highest BCUT2D eigenvalue weighted by Crippen LogP contribution is 2.24. The van der Waals surface area contributed by atoms with Crippen LogP contribution in [0.2, 0.25) is 0 Å². The molecule has 0 heterocycles. The van der Waals surface area contributed by atoms with Gasteiger partial charge in [-0.1, -0.05) is 38.1 Å². The van der Waals surface area contributed by atoms with Gasteiger partial charge in [0.2, 0.25) is 5.12 Å². The van der Waals surface area contributed by atoms with Crippen molar-refractivity contribution < 1.29 is 23.7 Å². The summed E-state index contributed by atoms with van der Waals surface area (Å²) in [6, 6.07) is 0. The Hall–Kier alpha value is -0.730. The molecular weight excluding hydrogens is 338 g/mol. The van der Waals surface area contributed by atoms with Gasteiger partial charge in [-0.15, -0.1) is 0 Å².